The molecule has 33 heavy (non-hydrogen) atoms. The van der Waals surface area contributed by atoms with Crippen LogP contribution in [-0.4, -0.2) is 44.2 Å². The molecule has 2 atom stereocenters. The van der Waals surface area contributed by atoms with Crippen molar-refractivity contribution in [3.05, 3.63) is 90.1 Å². The molecule has 0 spiro atoms. The lowest BCUT2D eigenvalue weighted by Gasteiger charge is -2.26. The lowest BCUT2D eigenvalue weighted by molar-refractivity contribution is -0.130. The van der Waals surface area contributed by atoms with Crippen molar-refractivity contribution in [3.63, 3.8) is 0 Å². The second-order valence-corrected chi connectivity index (χ2v) is 8.44. The van der Waals surface area contributed by atoms with Gasteiger partial charge in [0, 0.05) is 49.3 Å². The summed E-state index contributed by atoms with van der Waals surface area (Å²) in [6.45, 7) is 0.641. The Bertz CT molecular complexity index is 1260. The molecule has 0 saturated heterocycles. The van der Waals surface area contributed by atoms with Gasteiger partial charge >= 0.3 is 0 Å². The summed E-state index contributed by atoms with van der Waals surface area (Å²) >= 11 is 0. The summed E-state index contributed by atoms with van der Waals surface area (Å²) in [6.07, 6.45) is 1.36. The van der Waals surface area contributed by atoms with Gasteiger partial charge in [0.05, 0.1) is 0 Å². The molecule has 6 heteroatoms. The van der Waals surface area contributed by atoms with Gasteiger partial charge < -0.3 is 24.7 Å². The number of anilines is 1. The molecule has 0 saturated carbocycles. The number of ether oxygens (including phenoxy) is 2. The SMILES string of the molecule is CN(C)c1ccc([C@@H](CNC(=O)[C@@H]2COc3ccccc3O2)c2c[nH]c3ccccc23)cc1. The summed E-state index contributed by atoms with van der Waals surface area (Å²) in [6, 6.07) is 24.1. The first kappa shape index (κ1) is 20.9. The molecular formula is C27H27N3O3. The van der Waals surface area contributed by atoms with Crippen molar-refractivity contribution in [1.82, 2.24) is 10.3 Å². The van der Waals surface area contributed by atoms with Crippen LogP contribution in [-0.2, 0) is 4.79 Å². The second kappa shape index (κ2) is 8.90. The Morgan fingerprint density at radius 3 is 2.55 bits per heavy atom. The van der Waals surface area contributed by atoms with Crippen LogP contribution in [0.25, 0.3) is 10.9 Å². The zero-order chi connectivity index (χ0) is 22.8. The van der Waals surface area contributed by atoms with E-state index in [-0.39, 0.29) is 18.4 Å². The van der Waals surface area contributed by atoms with E-state index in [1.54, 1.807) is 0 Å². The number of fused-ring (bicyclic) bond motifs is 2. The van der Waals surface area contributed by atoms with Gasteiger partial charge in [-0.05, 0) is 41.5 Å². The molecule has 3 aromatic carbocycles. The maximum Gasteiger partial charge on any atom is 0.264 e. The Balaban J connectivity index is 1.38. The van der Waals surface area contributed by atoms with E-state index >= 15 is 0 Å². The number of H-pyrrole nitrogens is 1. The molecule has 6 nitrogen and oxygen atoms in total. The Labute approximate surface area is 193 Å². The highest BCUT2D eigenvalue weighted by Gasteiger charge is 2.28. The fourth-order valence-corrected chi connectivity index (χ4v) is 4.26. The number of benzene rings is 3. The van der Waals surface area contributed by atoms with E-state index in [1.807, 2.05) is 56.7 Å². The third kappa shape index (κ3) is 4.24. The minimum Gasteiger partial charge on any atom is -0.485 e. The van der Waals surface area contributed by atoms with Gasteiger partial charge in [-0.1, -0.05) is 42.5 Å². The standard InChI is InChI=1S/C27H27N3O3/c1-30(2)19-13-11-18(12-14-19)21(22-16-28-23-8-4-3-7-20(22)23)15-29-27(31)26-17-32-24-9-5-6-10-25(24)33-26/h3-14,16,21,26,28H,15,17H2,1-2H3,(H,29,31)/t21-,26+/m1/s1. The Morgan fingerprint density at radius 2 is 1.76 bits per heavy atom. The zero-order valence-corrected chi connectivity index (χ0v) is 18.7. The molecule has 0 aliphatic carbocycles. The Kier molecular flexibility index (Phi) is 5.65. The molecule has 1 aliphatic heterocycles. The number of nitrogens with one attached hydrogen (secondary N) is 2. The van der Waals surface area contributed by atoms with Crippen LogP contribution in [0, 0.1) is 0 Å². The normalized spacial score (nSPS) is 15.8. The third-order valence-electron chi connectivity index (χ3n) is 6.09. The number of para-hydroxylation sites is 3. The molecule has 1 aromatic heterocycles. The highest BCUT2D eigenvalue weighted by Crippen LogP contribution is 2.33. The highest BCUT2D eigenvalue weighted by molar-refractivity contribution is 5.85. The van der Waals surface area contributed by atoms with Crippen LogP contribution in [0.4, 0.5) is 5.69 Å². The van der Waals surface area contributed by atoms with E-state index in [0.717, 1.165) is 27.7 Å². The first-order valence-electron chi connectivity index (χ1n) is 11.1. The maximum absolute atomic E-state index is 13.0. The van der Waals surface area contributed by atoms with Crippen molar-refractivity contribution < 1.29 is 14.3 Å². The number of aromatic amines is 1. The largest absolute Gasteiger partial charge is 0.485 e. The Hall–Kier alpha value is -3.93. The summed E-state index contributed by atoms with van der Waals surface area (Å²) in [5.74, 6) is 1.06. The minimum atomic E-state index is -0.681. The molecular weight excluding hydrogens is 414 g/mol. The number of hydrogen-bond acceptors (Lipinski definition) is 4. The van der Waals surface area contributed by atoms with Crippen LogP contribution in [0.3, 0.4) is 0 Å². The van der Waals surface area contributed by atoms with E-state index in [1.165, 1.54) is 0 Å². The van der Waals surface area contributed by atoms with E-state index in [2.05, 4.69) is 51.6 Å². The average Bonchev–Trinajstić information content (AvgIpc) is 3.28. The fraction of sp³-hybridized carbons (Fsp3) is 0.222. The molecule has 1 amide bonds. The summed E-state index contributed by atoms with van der Waals surface area (Å²) in [7, 11) is 4.05. The summed E-state index contributed by atoms with van der Waals surface area (Å²) in [5.41, 5.74) is 4.49. The van der Waals surface area contributed by atoms with Crippen LogP contribution in [0.1, 0.15) is 17.0 Å². The number of carbonyl (C=O) groups is 1. The number of amides is 1. The predicted molar refractivity (Wildman–Crippen MR) is 130 cm³/mol. The van der Waals surface area contributed by atoms with Crippen LogP contribution >= 0.6 is 0 Å². The van der Waals surface area contributed by atoms with Crippen molar-refractivity contribution >= 4 is 22.5 Å². The number of hydrogen-bond donors (Lipinski definition) is 2. The molecule has 168 valence electrons. The average molecular weight is 442 g/mol. The van der Waals surface area contributed by atoms with E-state index in [9.17, 15) is 4.79 Å². The van der Waals surface area contributed by atoms with Gasteiger partial charge in [-0.2, -0.15) is 0 Å². The second-order valence-electron chi connectivity index (χ2n) is 8.44. The van der Waals surface area contributed by atoms with Gasteiger partial charge in [0.15, 0.2) is 11.5 Å². The minimum absolute atomic E-state index is 0.0156. The molecule has 1 aliphatic rings. The van der Waals surface area contributed by atoms with Gasteiger partial charge in [-0.15, -0.1) is 0 Å². The topological polar surface area (TPSA) is 66.6 Å². The van der Waals surface area contributed by atoms with Gasteiger partial charge in [0.1, 0.15) is 6.61 Å². The van der Waals surface area contributed by atoms with Gasteiger partial charge in [0.25, 0.3) is 5.91 Å². The maximum atomic E-state index is 13.0. The number of rotatable bonds is 6. The fourth-order valence-electron chi connectivity index (χ4n) is 4.26. The first-order chi connectivity index (χ1) is 16.1. The van der Waals surface area contributed by atoms with Crippen LogP contribution < -0.4 is 19.7 Å². The molecule has 2 heterocycles. The van der Waals surface area contributed by atoms with Crippen molar-refractivity contribution in [1.29, 1.82) is 0 Å². The molecule has 0 radical (unpaired) electrons. The number of aromatic nitrogens is 1. The first-order valence-corrected chi connectivity index (χ1v) is 11.1. The molecule has 2 N–H and O–H groups in total. The zero-order valence-electron chi connectivity index (χ0n) is 18.7. The van der Waals surface area contributed by atoms with Crippen molar-refractivity contribution in [2.75, 3.05) is 32.1 Å². The van der Waals surface area contributed by atoms with Gasteiger partial charge in [-0.25, -0.2) is 0 Å². The van der Waals surface area contributed by atoms with Crippen molar-refractivity contribution in [2.24, 2.45) is 0 Å². The lowest BCUT2D eigenvalue weighted by atomic mass is 9.90. The molecule has 4 aromatic rings. The quantitative estimate of drug-likeness (QED) is 0.468. The van der Waals surface area contributed by atoms with Crippen LogP contribution in [0.15, 0.2) is 79.0 Å². The monoisotopic (exact) mass is 441 g/mol. The number of nitrogens with zero attached hydrogens (tertiary/aromatic N) is 1. The van der Waals surface area contributed by atoms with Gasteiger partial charge in [0.2, 0.25) is 6.10 Å². The summed E-state index contributed by atoms with van der Waals surface area (Å²) in [4.78, 5) is 18.4. The molecule has 0 fully saturated rings. The third-order valence-corrected chi connectivity index (χ3v) is 6.09. The highest BCUT2D eigenvalue weighted by atomic mass is 16.6. The van der Waals surface area contributed by atoms with E-state index < -0.39 is 6.10 Å². The van der Waals surface area contributed by atoms with E-state index in [0.29, 0.717) is 18.0 Å². The predicted octanol–water partition coefficient (Wildman–Crippen LogP) is 4.32. The molecule has 5 rings (SSSR count). The van der Waals surface area contributed by atoms with Gasteiger partial charge in [-0.3, -0.25) is 4.79 Å². The summed E-state index contributed by atoms with van der Waals surface area (Å²) in [5, 5.41) is 4.26. The van der Waals surface area contributed by atoms with Crippen LogP contribution in [0.2, 0.25) is 0 Å². The smallest absolute Gasteiger partial charge is 0.264 e. The molecule has 0 bridgehead atoms. The van der Waals surface area contributed by atoms with Crippen molar-refractivity contribution in [2.45, 2.75) is 12.0 Å². The lowest BCUT2D eigenvalue weighted by Crippen LogP contribution is -2.45. The van der Waals surface area contributed by atoms with E-state index in [4.69, 9.17) is 9.47 Å². The Morgan fingerprint density at radius 1 is 1.03 bits per heavy atom. The van der Waals surface area contributed by atoms with Crippen molar-refractivity contribution in [3.8, 4) is 11.5 Å². The molecule has 0 unspecified atom stereocenters. The number of carbonyl (C=O) groups excluding carboxylic acids is 1. The summed E-state index contributed by atoms with van der Waals surface area (Å²) < 4.78 is 11.6. The van der Waals surface area contributed by atoms with Crippen LogP contribution in [0.5, 0.6) is 11.5 Å².